The van der Waals surface area contributed by atoms with Crippen LogP contribution in [-0.4, -0.2) is 35.0 Å². The summed E-state index contributed by atoms with van der Waals surface area (Å²) in [4.78, 5) is 23.0. The van der Waals surface area contributed by atoms with Crippen molar-refractivity contribution in [2.45, 2.75) is 38.1 Å². The molecule has 1 aliphatic heterocycles. The van der Waals surface area contributed by atoms with E-state index in [0.717, 1.165) is 57.1 Å². The lowest BCUT2D eigenvalue weighted by atomic mass is 9.90. The summed E-state index contributed by atoms with van der Waals surface area (Å²) in [5.74, 6) is 1.40. The number of piperidine rings is 1. The van der Waals surface area contributed by atoms with Gasteiger partial charge in [-0.1, -0.05) is 30.3 Å². The molecule has 1 amide bonds. The first kappa shape index (κ1) is 16.1. The Labute approximate surface area is 148 Å². The van der Waals surface area contributed by atoms with Crippen LogP contribution in [0.15, 0.2) is 42.7 Å². The third-order valence-electron chi connectivity index (χ3n) is 5.08. The van der Waals surface area contributed by atoms with Gasteiger partial charge in [-0.05, 0) is 43.6 Å². The van der Waals surface area contributed by atoms with E-state index in [1.165, 1.54) is 5.56 Å². The molecular formula is C20H24N4O. The smallest absolute Gasteiger partial charge is 0.254 e. The molecule has 130 valence electrons. The highest BCUT2D eigenvalue weighted by Gasteiger charge is 2.25. The zero-order valence-electron chi connectivity index (χ0n) is 14.4. The zero-order valence-corrected chi connectivity index (χ0v) is 14.4. The average Bonchev–Trinajstić information content (AvgIpc) is 3.47. The van der Waals surface area contributed by atoms with E-state index in [0.29, 0.717) is 11.6 Å². The minimum absolute atomic E-state index is 0.0596. The van der Waals surface area contributed by atoms with Gasteiger partial charge >= 0.3 is 0 Å². The van der Waals surface area contributed by atoms with Crippen molar-refractivity contribution in [3.05, 3.63) is 53.9 Å². The molecule has 2 aliphatic rings. The number of carbonyl (C=O) groups excluding carboxylic acids is 1. The molecule has 0 spiro atoms. The second kappa shape index (κ2) is 7.21. The number of anilines is 1. The minimum atomic E-state index is -0.0596. The van der Waals surface area contributed by atoms with Gasteiger partial charge in [-0.25, -0.2) is 9.97 Å². The molecule has 1 saturated heterocycles. The number of aromatic nitrogens is 2. The van der Waals surface area contributed by atoms with Gasteiger partial charge < -0.3 is 10.2 Å². The molecule has 2 heterocycles. The number of hydrogen-bond acceptors (Lipinski definition) is 4. The van der Waals surface area contributed by atoms with Gasteiger partial charge in [-0.15, -0.1) is 0 Å². The van der Waals surface area contributed by atoms with Gasteiger partial charge in [0.25, 0.3) is 5.91 Å². The van der Waals surface area contributed by atoms with E-state index >= 15 is 0 Å². The summed E-state index contributed by atoms with van der Waals surface area (Å²) in [5, 5.41) is 2.97. The largest absolute Gasteiger partial charge is 0.349 e. The fraction of sp³-hybridized carbons (Fsp3) is 0.450. The summed E-state index contributed by atoms with van der Waals surface area (Å²) in [5.41, 5.74) is 1.97. The number of hydrogen-bond donors (Lipinski definition) is 1. The molecule has 0 unspecified atom stereocenters. The Morgan fingerprint density at radius 3 is 2.36 bits per heavy atom. The maximum absolute atomic E-state index is 12.0. The Morgan fingerprint density at radius 2 is 1.72 bits per heavy atom. The van der Waals surface area contributed by atoms with Crippen molar-refractivity contribution in [2.75, 3.05) is 18.0 Å². The van der Waals surface area contributed by atoms with Crippen molar-refractivity contribution >= 4 is 11.9 Å². The predicted octanol–water partition coefficient (Wildman–Crippen LogP) is 2.83. The zero-order chi connectivity index (χ0) is 17.1. The lowest BCUT2D eigenvalue weighted by Gasteiger charge is -2.32. The second-order valence-electron chi connectivity index (χ2n) is 7.14. The normalized spacial score (nSPS) is 18.2. The first-order chi connectivity index (χ1) is 12.3. The van der Waals surface area contributed by atoms with E-state index in [2.05, 4.69) is 50.5 Å². The van der Waals surface area contributed by atoms with Gasteiger partial charge in [0, 0.05) is 31.5 Å². The minimum Gasteiger partial charge on any atom is -0.349 e. The molecule has 0 radical (unpaired) electrons. The fourth-order valence-corrected chi connectivity index (χ4v) is 3.38. The van der Waals surface area contributed by atoms with Gasteiger partial charge in [-0.2, -0.15) is 0 Å². The van der Waals surface area contributed by atoms with Crippen molar-refractivity contribution in [2.24, 2.45) is 5.92 Å². The third-order valence-corrected chi connectivity index (χ3v) is 5.08. The summed E-state index contributed by atoms with van der Waals surface area (Å²) in [6.07, 6.45) is 8.93. The van der Waals surface area contributed by atoms with Crippen molar-refractivity contribution in [3.8, 4) is 0 Å². The number of benzene rings is 1. The number of nitrogens with one attached hydrogen (secondary N) is 1. The molecule has 5 heteroatoms. The maximum atomic E-state index is 12.0. The van der Waals surface area contributed by atoms with Crippen LogP contribution in [0, 0.1) is 5.92 Å². The molecular weight excluding hydrogens is 312 g/mol. The van der Waals surface area contributed by atoms with Crippen LogP contribution in [0.3, 0.4) is 0 Å². The summed E-state index contributed by atoms with van der Waals surface area (Å²) in [7, 11) is 0. The molecule has 1 aliphatic carbocycles. The molecule has 0 bridgehead atoms. The summed E-state index contributed by atoms with van der Waals surface area (Å²) >= 11 is 0. The lowest BCUT2D eigenvalue weighted by molar-refractivity contribution is 0.0950. The number of carbonyl (C=O) groups is 1. The first-order valence-corrected chi connectivity index (χ1v) is 9.20. The maximum Gasteiger partial charge on any atom is 0.254 e. The topological polar surface area (TPSA) is 58.1 Å². The van der Waals surface area contributed by atoms with Gasteiger partial charge in [0.05, 0.1) is 5.56 Å². The molecule has 1 aromatic carbocycles. The molecule has 1 N–H and O–H groups in total. The van der Waals surface area contributed by atoms with Crippen LogP contribution in [0.2, 0.25) is 0 Å². The quantitative estimate of drug-likeness (QED) is 0.912. The van der Waals surface area contributed by atoms with Crippen LogP contribution in [0.1, 0.15) is 41.6 Å². The van der Waals surface area contributed by atoms with E-state index in [9.17, 15) is 4.79 Å². The van der Waals surface area contributed by atoms with E-state index in [-0.39, 0.29) is 5.91 Å². The average molecular weight is 336 g/mol. The SMILES string of the molecule is O=C(NC1CC1)c1cnc(N2CCC(Cc3ccccc3)CC2)nc1. The van der Waals surface area contributed by atoms with E-state index in [4.69, 9.17) is 0 Å². The molecule has 25 heavy (non-hydrogen) atoms. The molecule has 1 aromatic heterocycles. The van der Waals surface area contributed by atoms with Crippen LogP contribution in [-0.2, 0) is 6.42 Å². The molecule has 2 aromatic rings. The van der Waals surface area contributed by atoms with Crippen molar-refractivity contribution < 1.29 is 4.79 Å². The van der Waals surface area contributed by atoms with Gasteiger partial charge in [0.15, 0.2) is 0 Å². The first-order valence-electron chi connectivity index (χ1n) is 9.20. The number of nitrogens with zero attached hydrogens (tertiary/aromatic N) is 3. The van der Waals surface area contributed by atoms with Crippen LogP contribution < -0.4 is 10.2 Å². The number of rotatable bonds is 5. The number of amides is 1. The fourth-order valence-electron chi connectivity index (χ4n) is 3.38. The summed E-state index contributed by atoms with van der Waals surface area (Å²) < 4.78 is 0. The highest BCUT2D eigenvalue weighted by Crippen LogP contribution is 2.24. The van der Waals surface area contributed by atoms with Gasteiger partial charge in [0.1, 0.15) is 0 Å². The standard InChI is InChI=1S/C20H24N4O/c25-19(23-18-6-7-18)17-13-21-20(22-14-17)24-10-8-16(9-11-24)12-15-4-2-1-3-5-15/h1-5,13-14,16,18H,6-12H2,(H,23,25). The van der Waals surface area contributed by atoms with Gasteiger partial charge in [0.2, 0.25) is 5.95 Å². The molecule has 4 rings (SSSR count). The lowest BCUT2D eigenvalue weighted by Crippen LogP contribution is -2.35. The van der Waals surface area contributed by atoms with Crippen LogP contribution in [0.25, 0.3) is 0 Å². The van der Waals surface area contributed by atoms with Crippen molar-refractivity contribution in [1.82, 2.24) is 15.3 Å². The molecule has 0 atom stereocenters. The Bertz CT molecular complexity index is 704. The highest BCUT2D eigenvalue weighted by atomic mass is 16.1. The van der Waals surface area contributed by atoms with Crippen LogP contribution in [0.5, 0.6) is 0 Å². The Kier molecular flexibility index (Phi) is 4.63. The van der Waals surface area contributed by atoms with E-state index in [1.54, 1.807) is 12.4 Å². The van der Waals surface area contributed by atoms with Crippen molar-refractivity contribution in [3.63, 3.8) is 0 Å². The molecule has 5 nitrogen and oxygen atoms in total. The Morgan fingerprint density at radius 1 is 1.04 bits per heavy atom. The summed E-state index contributed by atoms with van der Waals surface area (Å²) in [6.45, 7) is 1.95. The van der Waals surface area contributed by atoms with E-state index in [1.807, 2.05) is 0 Å². The van der Waals surface area contributed by atoms with E-state index < -0.39 is 0 Å². The highest BCUT2D eigenvalue weighted by molar-refractivity contribution is 5.94. The third kappa shape index (κ3) is 4.16. The van der Waals surface area contributed by atoms with Crippen molar-refractivity contribution in [1.29, 1.82) is 0 Å². The van der Waals surface area contributed by atoms with Crippen LogP contribution >= 0.6 is 0 Å². The Balaban J connectivity index is 1.30. The molecule has 2 fully saturated rings. The second-order valence-corrected chi connectivity index (χ2v) is 7.14. The molecule has 1 saturated carbocycles. The Hall–Kier alpha value is -2.43. The van der Waals surface area contributed by atoms with Crippen LogP contribution in [0.4, 0.5) is 5.95 Å². The monoisotopic (exact) mass is 336 g/mol. The van der Waals surface area contributed by atoms with Gasteiger partial charge in [-0.3, -0.25) is 4.79 Å². The summed E-state index contributed by atoms with van der Waals surface area (Å²) in [6, 6.07) is 11.1. The predicted molar refractivity (Wildman–Crippen MR) is 97.6 cm³/mol.